The van der Waals surface area contributed by atoms with Crippen LogP contribution in [0.3, 0.4) is 0 Å². The van der Waals surface area contributed by atoms with Gasteiger partial charge in [0.15, 0.2) is 0 Å². The van der Waals surface area contributed by atoms with Crippen LogP contribution >= 0.6 is 15.9 Å². The van der Waals surface area contributed by atoms with E-state index in [-0.39, 0.29) is 18.2 Å². The molecule has 3 rings (SSSR count). The zero-order chi connectivity index (χ0) is 17.8. The highest BCUT2D eigenvalue weighted by atomic mass is 79.9. The molecule has 6 heteroatoms. The third-order valence-electron chi connectivity index (χ3n) is 4.10. The summed E-state index contributed by atoms with van der Waals surface area (Å²) < 4.78 is 0.981. The van der Waals surface area contributed by atoms with Crippen LogP contribution in [0.15, 0.2) is 58.1 Å². The van der Waals surface area contributed by atoms with Crippen molar-refractivity contribution >= 4 is 39.6 Å². The summed E-state index contributed by atoms with van der Waals surface area (Å²) in [6.45, 7) is 2.37. The Morgan fingerprint density at radius 2 is 1.88 bits per heavy atom. The van der Waals surface area contributed by atoms with Crippen molar-refractivity contribution in [1.82, 2.24) is 5.43 Å². The second kappa shape index (κ2) is 7.61. The molecule has 0 spiro atoms. The van der Waals surface area contributed by atoms with Gasteiger partial charge >= 0.3 is 0 Å². The van der Waals surface area contributed by atoms with E-state index >= 15 is 0 Å². The molecule has 0 saturated carbocycles. The number of carbonyl (C=O) groups is 2. The fraction of sp³-hybridized carbons (Fsp3) is 0.211. The van der Waals surface area contributed by atoms with Gasteiger partial charge in [0.05, 0.1) is 12.1 Å². The minimum Gasteiger partial charge on any atom is -0.312 e. The Balaban J connectivity index is 1.59. The highest BCUT2D eigenvalue weighted by molar-refractivity contribution is 9.10. The standard InChI is InChI=1S/C19H18BrN3O2/c1-13-2-8-17(9-3-13)23-12-15(10-18(23)24)19(25)22-21-11-14-4-6-16(20)7-5-14/h2-9,11,15H,10,12H2,1H3,(H,22,25)/b21-11-/t15-/m0/s1. The largest absolute Gasteiger partial charge is 0.312 e. The summed E-state index contributed by atoms with van der Waals surface area (Å²) >= 11 is 3.37. The quantitative estimate of drug-likeness (QED) is 0.633. The molecule has 0 aromatic heterocycles. The molecule has 0 bridgehead atoms. The molecule has 1 saturated heterocycles. The molecule has 1 N–H and O–H groups in total. The summed E-state index contributed by atoms with van der Waals surface area (Å²) in [4.78, 5) is 26.1. The van der Waals surface area contributed by atoms with Gasteiger partial charge in [0.25, 0.3) is 0 Å². The Bertz CT molecular complexity index is 800. The van der Waals surface area contributed by atoms with Gasteiger partial charge < -0.3 is 4.90 Å². The maximum Gasteiger partial charge on any atom is 0.245 e. The Kier molecular flexibility index (Phi) is 5.28. The SMILES string of the molecule is Cc1ccc(N2C[C@@H](C(=O)N/N=C\c3ccc(Br)cc3)CC2=O)cc1. The predicted molar refractivity (Wildman–Crippen MR) is 102 cm³/mol. The van der Waals surface area contributed by atoms with Crippen LogP contribution < -0.4 is 10.3 Å². The van der Waals surface area contributed by atoms with E-state index in [2.05, 4.69) is 26.5 Å². The van der Waals surface area contributed by atoms with Gasteiger partial charge in [0.2, 0.25) is 11.8 Å². The van der Waals surface area contributed by atoms with Gasteiger partial charge in [-0.3, -0.25) is 9.59 Å². The van der Waals surface area contributed by atoms with Gasteiger partial charge in [-0.25, -0.2) is 5.43 Å². The first-order chi connectivity index (χ1) is 12.0. The number of anilines is 1. The Hall–Kier alpha value is -2.47. The number of halogens is 1. The van der Waals surface area contributed by atoms with E-state index in [0.717, 1.165) is 21.3 Å². The second-order valence-corrected chi connectivity index (χ2v) is 6.94. The summed E-state index contributed by atoms with van der Waals surface area (Å²) in [7, 11) is 0. The number of rotatable bonds is 4. The number of nitrogens with zero attached hydrogens (tertiary/aromatic N) is 2. The van der Waals surface area contributed by atoms with Gasteiger partial charge in [-0.1, -0.05) is 45.8 Å². The molecule has 0 aliphatic carbocycles. The fourth-order valence-corrected chi connectivity index (χ4v) is 2.93. The van der Waals surface area contributed by atoms with E-state index in [1.165, 1.54) is 0 Å². The fourth-order valence-electron chi connectivity index (χ4n) is 2.67. The molecule has 0 unspecified atom stereocenters. The number of hydrazone groups is 1. The Morgan fingerprint density at radius 1 is 1.20 bits per heavy atom. The van der Waals surface area contributed by atoms with Gasteiger partial charge in [0, 0.05) is 23.1 Å². The number of nitrogens with one attached hydrogen (secondary N) is 1. The lowest BCUT2D eigenvalue weighted by Crippen LogP contribution is -2.30. The van der Waals surface area contributed by atoms with Crippen molar-refractivity contribution in [2.24, 2.45) is 11.0 Å². The average molecular weight is 400 g/mol. The number of amides is 2. The smallest absolute Gasteiger partial charge is 0.245 e. The van der Waals surface area contributed by atoms with Crippen molar-refractivity contribution in [3.05, 3.63) is 64.1 Å². The first-order valence-corrected chi connectivity index (χ1v) is 8.78. The molecule has 2 aromatic rings. The molecular formula is C19H18BrN3O2. The highest BCUT2D eigenvalue weighted by Gasteiger charge is 2.35. The molecule has 1 fully saturated rings. The van der Waals surface area contributed by atoms with Gasteiger partial charge in [-0.2, -0.15) is 5.10 Å². The molecule has 1 aliphatic rings. The molecule has 1 heterocycles. The van der Waals surface area contributed by atoms with Crippen LogP contribution in [-0.4, -0.2) is 24.6 Å². The first kappa shape index (κ1) is 17.4. The topological polar surface area (TPSA) is 61.8 Å². The number of carbonyl (C=O) groups excluding carboxylic acids is 2. The maximum atomic E-state index is 12.3. The van der Waals surface area contributed by atoms with Crippen LogP contribution in [0.2, 0.25) is 0 Å². The summed E-state index contributed by atoms with van der Waals surface area (Å²) in [5.41, 5.74) is 5.37. The zero-order valence-electron chi connectivity index (χ0n) is 13.8. The minimum absolute atomic E-state index is 0.0408. The molecule has 5 nitrogen and oxygen atoms in total. The van der Waals surface area contributed by atoms with E-state index < -0.39 is 5.92 Å². The Morgan fingerprint density at radius 3 is 2.56 bits per heavy atom. The van der Waals surface area contributed by atoms with Crippen molar-refractivity contribution in [2.45, 2.75) is 13.3 Å². The van der Waals surface area contributed by atoms with Gasteiger partial charge in [-0.15, -0.1) is 0 Å². The highest BCUT2D eigenvalue weighted by Crippen LogP contribution is 2.25. The molecule has 2 aromatic carbocycles. The van der Waals surface area contributed by atoms with Crippen molar-refractivity contribution in [1.29, 1.82) is 0 Å². The number of hydrogen-bond donors (Lipinski definition) is 1. The lowest BCUT2D eigenvalue weighted by atomic mass is 10.1. The number of benzene rings is 2. The third-order valence-corrected chi connectivity index (χ3v) is 4.63. The summed E-state index contributed by atoms with van der Waals surface area (Å²) in [6, 6.07) is 15.3. The minimum atomic E-state index is -0.393. The lowest BCUT2D eigenvalue weighted by molar-refractivity contribution is -0.126. The molecule has 0 radical (unpaired) electrons. The van der Waals surface area contributed by atoms with E-state index in [0.29, 0.717) is 6.54 Å². The first-order valence-electron chi connectivity index (χ1n) is 7.98. The molecule has 2 amide bonds. The van der Waals surface area contributed by atoms with Crippen LogP contribution in [0.5, 0.6) is 0 Å². The normalized spacial score (nSPS) is 17.3. The van der Waals surface area contributed by atoms with E-state index in [9.17, 15) is 9.59 Å². The van der Waals surface area contributed by atoms with E-state index in [1.807, 2.05) is 55.5 Å². The third kappa shape index (κ3) is 4.33. The van der Waals surface area contributed by atoms with E-state index in [4.69, 9.17) is 0 Å². The monoisotopic (exact) mass is 399 g/mol. The van der Waals surface area contributed by atoms with E-state index in [1.54, 1.807) is 11.1 Å². The van der Waals surface area contributed by atoms with Crippen molar-refractivity contribution < 1.29 is 9.59 Å². The zero-order valence-corrected chi connectivity index (χ0v) is 15.4. The molecule has 1 aliphatic heterocycles. The van der Waals surface area contributed by atoms with Crippen LogP contribution in [0.1, 0.15) is 17.5 Å². The molecule has 25 heavy (non-hydrogen) atoms. The lowest BCUT2D eigenvalue weighted by Gasteiger charge is -2.16. The second-order valence-electron chi connectivity index (χ2n) is 6.03. The summed E-state index contributed by atoms with van der Waals surface area (Å²) in [6.07, 6.45) is 1.78. The summed E-state index contributed by atoms with van der Waals surface area (Å²) in [5.74, 6) is -0.673. The summed E-state index contributed by atoms with van der Waals surface area (Å²) in [5, 5.41) is 3.98. The van der Waals surface area contributed by atoms with Crippen LogP contribution in [-0.2, 0) is 9.59 Å². The number of hydrogen-bond acceptors (Lipinski definition) is 3. The van der Waals surface area contributed by atoms with Crippen LogP contribution in [0, 0.1) is 12.8 Å². The Labute approximate surface area is 154 Å². The van der Waals surface area contributed by atoms with Crippen molar-refractivity contribution in [2.75, 3.05) is 11.4 Å². The van der Waals surface area contributed by atoms with Crippen molar-refractivity contribution in [3.8, 4) is 0 Å². The average Bonchev–Trinajstić information content (AvgIpc) is 2.99. The van der Waals surface area contributed by atoms with Crippen LogP contribution in [0.25, 0.3) is 0 Å². The van der Waals surface area contributed by atoms with Crippen molar-refractivity contribution in [3.63, 3.8) is 0 Å². The molecule has 128 valence electrons. The number of aryl methyl sites for hydroxylation is 1. The van der Waals surface area contributed by atoms with Gasteiger partial charge in [0.1, 0.15) is 0 Å². The molecule has 1 atom stereocenters. The van der Waals surface area contributed by atoms with Crippen LogP contribution in [0.4, 0.5) is 5.69 Å². The predicted octanol–water partition coefficient (Wildman–Crippen LogP) is 3.26. The maximum absolute atomic E-state index is 12.3. The van der Waals surface area contributed by atoms with Gasteiger partial charge in [-0.05, 0) is 36.8 Å². The molecular weight excluding hydrogens is 382 g/mol.